The summed E-state index contributed by atoms with van der Waals surface area (Å²) >= 11 is 0. The molecule has 1 heterocycles. The minimum absolute atomic E-state index is 0.152. The van der Waals surface area contributed by atoms with Crippen LogP contribution in [0.25, 0.3) is 0 Å². The van der Waals surface area contributed by atoms with E-state index < -0.39 is 5.91 Å². The minimum atomic E-state index is -0.460. The first-order valence-electron chi connectivity index (χ1n) is 8.92. The summed E-state index contributed by atoms with van der Waals surface area (Å²) in [5.41, 5.74) is 0.732. The number of hydrogen-bond donors (Lipinski definition) is 1. The Morgan fingerprint density at radius 2 is 1.73 bits per heavy atom. The maximum atomic E-state index is 12.9. The SMILES string of the molecule is N#Cc1ccccc1NC(=O)CN1C(=O)[C@@H]2[C@H]3C=C[C@@H]([C@@H]4C[C@H]34)[C@H]2C1=O. The Balaban J connectivity index is 1.34. The average Bonchev–Trinajstić information content (AvgIpc) is 3.43. The number of nitrogens with one attached hydrogen (secondary N) is 1. The number of rotatable bonds is 3. The van der Waals surface area contributed by atoms with Crippen LogP contribution in [0.5, 0.6) is 0 Å². The largest absolute Gasteiger partial charge is 0.323 e. The summed E-state index contributed by atoms with van der Waals surface area (Å²) in [5, 5.41) is 11.8. The van der Waals surface area contributed by atoms with Crippen LogP contribution in [0.15, 0.2) is 36.4 Å². The summed E-state index contributed by atoms with van der Waals surface area (Å²) < 4.78 is 0. The van der Waals surface area contributed by atoms with E-state index in [9.17, 15) is 14.4 Å². The van der Waals surface area contributed by atoms with E-state index in [0.29, 0.717) is 23.1 Å². The number of benzene rings is 1. The lowest BCUT2D eigenvalue weighted by molar-refractivity contribution is -0.142. The second-order valence-electron chi connectivity index (χ2n) is 7.62. The van der Waals surface area contributed by atoms with Gasteiger partial charge in [-0.05, 0) is 42.2 Å². The molecule has 1 saturated heterocycles. The lowest BCUT2D eigenvalue weighted by Crippen LogP contribution is -2.40. The molecule has 6 atom stereocenters. The van der Waals surface area contributed by atoms with Gasteiger partial charge in [0.05, 0.1) is 23.1 Å². The van der Waals surface area contributed by atoms with E-state index in [1.807, 2.05) is 6.07 Å². The second kappa shape index (κ2) is 5.28. The number of likely N-dealkylation sites (tertiary alicyclic amines) is 1. The van der Waals surface area contributed by atoms with Crippen LogP contribution in [-0.4, -0.2) is 29.2 Å². The van der Waals surface area contributed by atoms with E-state index >= 15 is 0 Å². The number of allylic oxidation sites excluding steroid dienone is 2. The number of carbonyl (C=O) groups is 3. The number of hydrogen-bond acceptors (Lipinski definition) is 4. The molecule has 2 bridgehead atoms. The number of nitrogens with zero attached hydrogens (tertiary/aromatic N) is 2. The highest BCUT2D eigenvalue weighted by atomic mass is 16.2. The molecular formula is C20H17N3O3. The van der Waals surface area contributed by atoms with Crippen LogP contribution in [0, 0.1) is 46.8 Å². The highest BCUT2D eigenvalue weighted by molar-refractivity contribution is 6.09. The molecule has 1 aromatic carbocycles. The number of nitriles is 1. The maximum absolute atomic E-state index is 12.9. The van der Waals surface area contributed by atoms with Gasteiger partial charge in [0.25, 0.3) is 0 Å². The Kier molecular flexibility index (Phi) is 3.11. The molecule has 4 aliphatic carbocycles. The first-order valence-corrected chi connectivity index (χ1v) is 8.92. The van der Waals surface area contributed by atoms with Gasteiger partial charge in [-0.25, -0.2) is 0 Å². The van der Waals surface area contributed by atoms with Crippen molar-refractivity contribution < 1.29 is 14.4 Å². The molecule has 6 nitrogen and oxygen atoms in total. The van der Waals surface area contributed by atoms with E-state index in [0.717, 1.165) is 11.3 Å². The zero-order valence-electron chi connectivity index (χ0n) is 14.0. The molecule has 0 spiro atoms. The summed E-state index contributed by atoms with van der Waals surface area (Å²) in [4.78, 5) is 39.2. The molecule has 1 aliphatic heterocycles. The molecule has 26 heavy (non-hydrogen) atoms. The van der Waals surface area contributed by atoms with E-state index in [1.54, 1.807) is 24.3 Å². The third-order valence-corrected chi connectivity index (χ3v) is 6.38. The second-order valence-corrected chi connectivity index (χ2v) is 7.62. The van der Waals surface area contributed by atoms with Crippen LogP contribution in [0.1, 0.15) is 12.0 Å². The van der Waals surface area contributed by atoms with Crippen molar-refractivity contribution in [3.8, 4) is 6.07 Å². The fraction of sp³-hybridized carbons (Fsp3) is 0.400. The smallest absolute Gasteiger partial charge is 0.244 e. The van der Waals surface area contributed by atoms with Gasteiger partial charge < -0.3 is 5.32 Å². The van der Waals surface area contributed by atoms with Crippen LogP contribution >= 0.6 is 0 Å². The zero-order chi connectivity index (χ0) is 18.0. The normalized spacial score (nSPS) is 35.7. The highest BCUT2D eigenvalue weighted by Crippen LogP contribution is 2.65. The van der Waals surface area contributed by atoms with Crippen LogP contribution in [0.3, 0.4) is 0 Å². The van der Waals surface area contributed by atoms with Crippen molar-refractivity contribution >= 4 is 23.4 Å². The predicted octanol–water partition coefficient (Wildman–Crippen LogP) is 1.55. The van der Waals surface area contributed by atoms with Gasteiger partial charge in [0.1, 0.15) is 12.6 Å². The molecule has 0 unspecified atom stereocenters. The summed E-state index contributed by atoms with van der Waals surface area (Å²) in [5.74, 6) is -0.0857. The molecule has 5 aliphatic rings. The first-order chi connectivity index (χ1) is 12.6. The van der Waals surface area contributed by atoms with Crippen molar-refractivity contribution in [1.82, 2.24) is 4.90 Å². The van der Waals surface area contributed by atoms with E-state index in [4.69, 9.17) is 5.26 Å². The average molecular weight is 347 g/mol. The summed E-state index contributed by atoms with van der Waals surface area (Å²) in [6, 6.07) is 8.67. The van der Waals surface area contributed by atoms with E-state index in [-0.39, 0.29) is 42.0 Å². The Bertz CT molecular complexity index is 879. The Morgan fingerprint density at radius 1 is 1.12 bits per heavy atom. The van der Waals surface area contributed by atoms with Crippen LogP contribution in [0.4, 0.5) is 5.69 Å². The van der Waals surface area contributed by atoms with Gasteiger partial charge in [0, 0.05) is 0 Å². The van der Waals surface area contributed by atoms with E-state index in [2.05, 4.69) is 17.5 Å². The Labute approximate surface area is 150 Å². The van der Waals surface area contributed by atoms with Crippen molar-refractivity contribution in [2.24, 2.45) is 35.5 Å². The van der Waals surface area contributed by atoms with E-state index in [1.165, 1.54) is 0 Å². The van der Waals surface area contributed by atoms with Crippen LogP contribution in [0.2, 0.25) is 0 Å². The lowest BCUT2D eigenvalue weighted by atomic mass is 9.63. The molecule has 1 N–H and O–H groups in total. The molecule has 1 aromatic rings. The number of imide groups is 1. The molecule has 0 radical (unpaired) electrons. The minimum Gasteiger partial charge on any atom is -0.323 e. The quantitative estimate of drug-likeness (QED) is 0.663. The van der Waals surface area contributed by atoms with Gasteiger partial charge in [0.2, 0.25) is 17.7 Å². The number of carbonyl (C=O) groups excluding carboxylic acids is 3. The van der Waals surface area contributed by atoms with Gasteiger partial charge in [-0.15, -0.1) is 0 Å². The molecular weight excluding hydrogens is 330 g/mol. The van der Waals surface area contributed by atoms with Crippen molar-refractivity contribution in [3.63, 3.8) is 0 Å². The van der Waals surface area contributed by atoms with Crippen molar-refractivity contribution in [1.29, 1.82) is 5.26 Å². The van der Waals surface area contributed by atoms with Crippen molar-refractivity contribution in [2.45, 2.75) is 6.42 Å². The highest BCUT2D eigenvalue weighted by Gasteiger charge is 2.67. The maximum Gasteiger partial charge on any atom is 0.244 e. The van der Waals surface area contributed by atoms with Gasteiger partial charge in [-0.2, -0.15) is 5.26 Å². The fourth-order valence-electron chi connectivity index (χ4n) is 5.20. The molecule has 2 saturated carbocycles. The standard InChI is InChI=1S/C20H17N3O3/c21-8-10-3-1-2-4-15(10)22-16(24)9-23-19(25)17-11-5-6-12(14-7-13(11)14)18(17)20(23)26/h1-6,11-14,17-18H,7,9H2,(H,22,24)/t11-,12-,13-,14+,17+,18+/m0/s1. The molecule has 3 fully saturated rings. The monoisotopic (exact) mass is 347 g/mol. The topological polar surface area (TPSA) is 90.3 Å². The van der Waals surface area contributed by atoms with Crippen molar-refractivity contribution in [2.75, 3.05) is 11.9 Å². The predicted molar refractivity (Wildman–Crippen MR) is 91.2 cm³/mol. The fourth-order valence-corrected chi connectivity index (χ4v) is 5.20. The molecule has 6 heteroatoms. The van der Waals surface area contributed by atoms with Crippen LogP contribution < -0.4 is 5.32 Å². The number of anilines is 1. The van der Waals surface area contributed by atoms with Crippen LogP contribution in [-0.2, 0) is 14.4 Å². The van der Waals surface area contributed by atoms with Gasteiger partial charge in [-0.3, -0.25) is 19.3 Å². The summed E-state index contributed by atoms with van der Waals surface area (Å²) in [7, 11) is 0. The number of amides is 3. The molecule has 3 amide bonds. The van der Waals surface area contributed by atoms with Gasteiger partial charge in [-0.1, -0.05) is 24.3 Å². The summed E-state index contributed by atoms with van der Waals surface area (Å²) in [6.07, 6.45) is 5.33. The third kappa shape index (κ3) is 2.00. The lowest BCUT2D eigenvalue weighted by Gasteiger charge is -2.37. The van der Waals surface area contributed by atoms with Crippen molar-refractivity contribution in [3.05, 3.63) is 42.0 Å². The summed E-state index contributed by atoms with van der Waals surface area (Å²) in [6.45, 7) is -0.292. The first kappa shape index (κ1) is 15.3. The molecule has 130 valence electrons. The molecule has 6 rings (SSSR count). The van der Waals surface area contributed by atoms with Gasteiger partial charge >= 0.3 is 0 Å². The zero-order valence-corrected chi connectivity index (χ0v) is 14.0. The Hall–Kier alpha value is -2.94. The third-order valence-electron chi connectivity index (χ3n) is 6.38. The van der Waals surface area contributed by atoms with Gasteiger partial charge in [0.15, 0.2) is 0 Å². The number of para-hydroxylation sites is 1. The molecule has 0 aromatic heterocycles. The Morgan fingerprint density at radius 3 is 2.35 bits per heavy atom.